The number of ether oxygens (including phenoxy) is 1. The van der Waals surface area contributed by atoms with Gasteiger partial charge in [0.25, 0.3) is 0 Å². The highest BCUT2D eigenvalue weighted by molar-refractivity contribution is 5.78. The molecule has 1 aliphatic heterocycles. The van der Waals surface area contributed by atoms with E-state index < -0.39 is 12.0 Å². The van der Waals surface area contributed by atoms with Gasteiger partial charge in [-0.05, 0) is 23.3 Å². The van der Waals surface area contributed by atoms with Gasteiger partial charge >= 0.3 is 5.97 Å². The maximum Gasteiger partial charge on any atom is 0.325 e. The number of aliphatic carboxylic acids is 1. The average Bonchev–Trinajstić information content (AvgIpc) is 2.86. The van der Waals surface area contributed by atoms with Gasteiger partial charge in [-0.25, -0.2) is 0 Å². The zero-order chi connectivity index (χ0) is 18.4. The van der Waals surface area contributed by atoms with Crippen LogP contribution in [0.1, 0.15) is 23.6 Å². The second-order valence-electron chi connectivity index (χ2n) is 6.22. The Balaban J connectivity index is 1.68. The third kappa shape index (κ3) is 4.61. The van der Waals surface area contributed by atoms with Crippen molar-refractivity contribution in [2.75, 3.05) is 19.6 Å². The summed E-state index contributed by atoms with van der Waals surface area (Å²) in [5, 5.41) is 12.4. The first kappa shape index (κ1) is 17.9. The molecule has 2 aromatic carbocycles. The second kappa shape index (κ2) is 8.49. The largest absolute Gasteiger partial charge is 0.489 e. The smallest absolute Gasteiger partial charge is 0.325 e. The van der Waals surface area contributed by atoms with Crippen LogP contribution in [0.4, 0.5) is 0 Å². The molecule has 6 heteroatoms. The molecule has 0 aliphatic carbocycles. The van der Waals surface area contributed by atoms with Crippen LogP contribution in [0, 0.1) is 0 Å². The van der Waals surface area contributed by atoms with Crippen molar-refractivity contribution < 1.29 is 19.4 Å². The van der Waals surface area contributed by atoms with Crippen LogP contribution < -0.4 is 10.1 Å². The Labute approximate surface area is 152 Å². The molecule has 1 heterocycles. The highest BCUT2D eigenvalue weighted by Crippen LogP contribution is 2.24. The van der Waals surface area contributed by atoms with E-state index in [2.05, 4.69) is 5.32 Å². The quantitative estimate of drug-likeness (QED) is 0.832. The van der Waals surface area contributed by atoms with Gasteiger partial charge < -0.3 is 15.2 Å². The Morgan fingerprint density at radius 3 is 2.54 bits per heavy atom. The lowest BCUT2D eigenvalue weighted by atomic mass is 10.0. The van der Waals surface area contributed by atoms with Gasteiger partial charge in [-0.2, -0.15) is 0 Å². The lowest BCUT2D eigenvalue weighted by Crippen LogP contribution is -2.36. The molecule has 0 radical (unpaired) electrons. The number of carboxylic acid groups (broad SMARTS) is 1. The summed E-state index contributed by atoms with van der Waals surface area (Å²) in [5.41, 5.74) is 1.75. The molecule has 1 saturated heterocycles. The summed E-state index contributed by atoms with van der Waals surface area (Å²) in [6, 6.07) is 16.2. The van der Waals surface area contributed by atoms with E-state index >= 15 is 0 Å². The van der Waals surface area contributed by atoms with Gasteiger partial charge in [0.05, 0.1) is 0 Å². The van der Waals surface area contributed by atoms with E-state index in [1.54, 1.807) is 24.3 Å². The third-order valence-electron chi connectivity index (χ3n) is 4.39. The second-order valence-corrected chi connectivity index (χ2v) is 6.22. The molecule has 0 aromatic heterocycles. The van der Waals surface area contributed by atoms with Gasteiger partial charge in [0, 0.05) is 26.1 Å². The Hall–Kier alpha value is -2.86. The van der Waals surface area contributed by atoms with Crippen molar-refractivity contribution >= 4 is 11.9 Å². The lowest BCUT2D eigenvalue weighted by molar-refractivity contribution is -0.143. The zero-order valence-corrected chi connectivity index (χ0v) is 14.4. The number of hydrogen-bond acceptors (Lipinski definition) is 4. The van der Waals surface area contributed by atoms with E-state index in [-0.39, 0.29) is 5.91 Å². The summed E-state index contributed by atoms with van der Waals surface area (Å²) in [6.45, 7) is 1.85. The fourth-order valence-electron chi connectivity index (χ4n) is 3.04. The SMILES string of the molecule is O=C1CCN(C(C(=O)O)c2ccc(OCc3ccccc3)cc2)CCN1. The molecule has 6 nitrogen and oxygen atoms in total. The number of nitrogens with zero attached hydrogens (tertiary/aromatic N) is 1. The molecule has 1 atom stereocenters. The van der Waals surface area contributed by atoms with Crippen LogP contribution in [0.25, 0.3) is 0 Å². The van der Waals surface area contributed by atoms with Crippen LogP contribution in [-0.2, 0) is 16.2 Å². The summed E-state index contributed by atoms with van der Waals surface area (Å²) in [6.07, 6.45) is 0.308. The zero-order valence-electron chi connectivity index (χ0n) is 14.4. The molecular formula is C20H22N2O4. The molecule has 2 N–H and O–H groups in total. The third-order valence-corrected chi connectivity index (χ3v) is 4.39. The first-order valence-electron chi connectivity index (χ1n) is 8.64. The number of carbonyl (C=O) groups is 2. The minimum Gasteiger partial charge on any atom is -0.489 e. The normalized spacial score (nSPS) is 16.4. The lowest BCUT2D eigenvalue weighted by Gasteiger charge is -2.27. The molecule has 26 heavy (non-hydrogen) atoms. The fraction of sp³-hybridized carbons (Fsp3) is 0.300. The highest BCUT2D eigenvalue weighted by atomic mass is 16.5. The monoisotopic (exact) mass is 354 g/mol. The van der Waals surface area contributed by atoms with Crippen molar-refractivity contribution in [1.29, 1.82) is 0 Å². The summed E-state index contributed by atoms with van der Waals surface area (Å²) in [7, 11) is 0. The summed E-state index contributed by atoms with van der Waals surface area (Å²) in [4.78, 5) is 25.1. The number of carbonyl (C=O) groups excluding carboxylic acids is 1. The number of rotatable bonds is 6. The van der Waals surface area contributed by atoms with Crippen LogP contribution in [0.15, 0.2) is 54.6 Å². The van der Waals surface area contributed by atoms with Crippen LogP contribution in [0.2, 0.25) is 0 Å². The molecule has 1 amide bonds. The highest BCUT2D eigenvalue weighted by Gasteiger charge is 2.29. The summed E-state index contributed by atoms with van der Waals surface area (Å²) >= 11 is 0. The van der Waals surface area contributed by atoms with E-state index in [0.717, 1.165) is 5.56 Å². The van der Waals surface area contributed by atoms with Gasteiger partial charge in [0.2, 0.25) is 5.91 Å². The van der Waals surface area contributed by atoms with Gasteiger partial charge in [-0.1, -0.05) is 42.5 Å². The minimum absolute atomic E-state index is 0.0405. The predicted octanol–water partition coefficient (Wildman–Crippen LogP) is 2.21. The number of carboxylic acids is 1. The minimum atomic E-state index is -0.919. The Morgan fingerprint density at radius 2 is 1.85 bits per heavy atom. The molecule has 2 aromatic rings. The molecular weight excluding hydrogens is 332 g/mol. The summed E-state index contributed by atoms with van der Waals surface area (Å²) in [5.74, 6) is -0.270. The van der Waals surface area contributed by atoms with Crippen molar-refractivity contribution in [2.24, 2.45) is 0 Å². The first-order chi connectivity index (χ1) is 12.6. The Bertz CT molecular complexity index is 746. The fourth-order valence-corrected chi connectivity index (χ4v) is 3.04. The molecule has 1 unspecified atom stereocenters. The number of benzene rings is 2. The van der Waals surface area contributed by atoms with E-state index in [1.165, 1.54) is 0 Å². The molecule has 1 aliphatic rings. The topological polar surface area (TPSA) is 78.9 Å². The molecule has 0 spiro atoms. The van der Waals surface area contributed by atoms with E-state index in [4.69, 9.17) is 4.74 Å². The number of hydrogen-bond donors (Lipinski definition) is 2. The van der Waals surface area contributed by atoms with Crippen LogP contribution >= 0.6 is 0 Å². The molecule has 1 fully saturated rings. The molecule has 136 valence electrons. The van der Waals surface area contributed by atoms with Crippen molar-refractivity contribution in [2.45, 2.75) is 19.1 Å². The van der Waals surface area contributed by atoms with Crippen molar-refractivity contribution in [3.63, 3.8) is 0 Å². The first-order valence-corrected chi connectivity index (χ1v) is 8.64. The molecule has 3 rings (SSSR count). The van der Waals surface area contributed by atoms with Gasteiger partial charge in [0.1, 0.15) is 18.4 Å². The van der Waals surface area contributed by atoms with Crippen molar-refractivity contribution in [1.82, 2.24) is 10.2 Å². The van der Waals surface area contributed by atoms with Crippen LogP contribution in [0.5, 0.6) is 5.75 Å². The molecule has 0 bridgehead atoms. The number of nitrogens with one attached hydrogen (secondary N) is 1. The maximum atomic E-state index is 11.8. The van der Waals surface area contributed by atoms with Gasteiger partial charge in [-0.3, -0.25) is 14.5 Å². The standard InChI is InChI=1S/C20H22N2O4/c23-18-10-12-22(13-11-21-18)19(20(24)25)16-6-8-17(9-7-16)26-14-15-4-2-1-3-5-15/h1-9,19H,10-14H2,(H,21,23)(H,24,25). The van der Waals surface area contributed by atoms with Crippen molar-refractivity contribution in [3.05, 3.63) is 65.7 Å². The Kier molecular flexibility index (Phi) is 5.86. The van der Waals surface area contributed by atoms with Crippen LogP contribution in [-0.4, -0.2) is 41.5 Å². The number of amides is 1. The Morgan fingerprint density at radius 1 is 1.12 bits per heavy atom. The van der Waals surface area contributed by atoms with Crippen molar-refractivity contribution in [3.8, 4) is 5.75 Å². The summed E-state index contributed by atoms with van der Waals surface area (Å²) < 4.78 is 5.75. The van der Waals surface area contributed by atoms with E-state index in [1.807, 2.05) is 35.2 Å². The van der Waals surface area contributed by atoms with Gasteiger partial charge in [-0.15, -0.1) is 0 Å². The maximum absolute atomic E-state index is 11.8. The van der Waals surface area contributed by atoms with E-state index in [0.29, 0.717) is 44.0 Å². The average molecular weight is 354 g/mol. The molecule has 0 saturated carbocycles. The predicted molar refractivity (Wildman–Crippen MR) is 96.8 cm³/mol. The van der Waals surface area contributed by atoms with Crippen LogP contribution in [0.3, 0.4) is 0 Å². The van der Waals surface area contributed by atoms with Gasteiger partial charge in [0.15, 0.2) is 0 Å². The van der Waals surface area contributed by atoms with E-state index in [9.17, 15) is 14.7 Å².